The predicted molar refractivity (Wildman–Crippen MR) is 156 cm³/mol. The van der Waals surface area contributed by atoms with Crippen molar-refractivity contribution in [3.63, 3.8) is 0 Å². The van der Waals surface area contributed by atoms with Gasteiger partial charge in [0.05, 0.1) is 39.4 Å². The number of halogens is 1. The lowest BCUT2D eigenvalue weighted by Crippen LogP contribution is -2.44. The number of nitrogens with zero attached hydrogens (tertiary/aromatic N) is 4. The first-order chi connectivity index (χ1) is 18.8. The molecule has 0 atom stereocenters. The molecule has 0 aliphatic carbocycles. The number of carboxylic acids is 1. The van der Waals surface area contributed by atoms with Crippen LogP contribution in [0, 0.1) is 0 Å². The summed E-state index contributed by atoms with van der Waals surface area (Å²) in [5.41, 5.74) is 5.12. The molecule has 1 aliphatic heterocycles. The number of rotatable bonds is 11. The van der Waals surface area contributed by atoms with Crippen molar-refractivity contribution in [2.45, 2.75) is 45.1 Å². The summed E-state index contributed by atoms with van der Waals surface area (Å²) in [6, 6.07) is 6.19. The third-order valence-electron chi connectivity index (χ3n) is 6.39. The van der Waals surface area contributed by atoms with Crippen molar-refractivity contribution in [3.05, 3.63) is 96.0 Å². The smallest absolute Gasteiger partial charge is 0.303 e. The minimum atomic E-state index is -0.780. The number of hydrogen-bond donors (Lipinski definition) is 2. The number of carbonyl (C=O) groups is 1. The Morgan fingerprint density at radius 1 is 1.21 bits per heavy atom. The molecule has 0 amide bonds. The molecule has 204 valence electrons. The first-order valence-corrected chi connectivity index (χ1v) is 12.9. The molecule has 0 radical (unpaired) electrons. The number of aliphatic carboxylic acids is 1. The standard InChI is InChI=1S/C28H31N5O2.C3H5F/c1-5-9-22-19(4)29-28(32-22)21-16-33(17-21)15-20-12-13-23-25(14-20)30-24(10-7-8-11-26(34)35)27(31-23)18(3)6-2;1-2-3-4/h5-6,9,12-14,21H,1-4,7-8,10-11,15-17H2,(H,29,32)(H,34,35);2-3H,1H3/b22-9+;3-2+. The van der Waals surface area contributed by atoms with Crippen LogP contribution in [0.25, 0.3) is 29.3 Å². The maximum atomic E-state index is 10.8. The fraction of sp³-hybridized carbons (Fsp3) is 0.290. The van der Waals surface area contributed by atoms with Gasteiger partial charge < -0.3 is 10.1 Å². The molecule has 0 bridgehead atoms. The lowest BCUT2D eigenvalue weighted by atomic mass is 9.98. The van der Waals surface area contributed by atoms with E-state index >= 15 is 0 Å². The number of aromatic amines is 1. The van der Waals surface area contributed by atoms with E-state index in [1.54, 1.807) is 19.1 Å². The van der Waals surface area contributed by atoms with E-state index in [9.17, 15) is 9.18 Å². The molecule has 3 heterocycles. The van der Waals surface area contributed by atoms with Gasteiger partial charge in [0.1, 0.15) is 5.82 Å². The number of aromatic nitrogens is 4. The molecule has 7 nitrogen and oxygen atoms in total. The Hall–Kier alpha value is -4.17. The number of nitrogens with one attached hydrogen (secondary N) is 1. The zero-order valence-corrected chi connectivity index (χ0v) is 22.5. The van der Waals surface area contributed by atoms with Gasteiger partial charge in [-0.1, -0.05) is 50.6 Å². The molecule has 0 unspecified atom stereocenters. The SMILES string of the molecule is C/C=C/F.C=C/C=c1/nc(C2CN(Cc3ccc4nc(C(=C)C=C)c(CCCCC(=O)O)nc4c3)C2)[nH]c1=C. The van der Waals surface area contributed by atoms with Crippen LogP contribution >= 0.6 is 0 Å². The molecule has 8 heteroatoms. The fourth-order valence-corrected chi connectivity index (χ4v) is 4.35. The van der Waals surface area contributed by atoms with Crippen molar-refractivity contribution in [1.29, 1.82) is 0 Å². The molecular formula is C31H36FN5O2. The third-order valence-corrected chi connectivity index (χ3v) is 6.39. The van der Waals surface area contributed by atoms with Gasteiger partial charge in [-0.2, -0.15) is 0 Å². The molecule has 4 rings (SSSR count). The first-order valence-electron chi connectivity index (χ1n) is 12.9. The molecule has 2 N–H and O–H groups in total. The topological polar surface area (TPSA) is 95.0 Å². The maximum Gasteiger partial charge on any atom is 0.303 e. The minimum Gasteiger partial charge on any atom is -0.481 e. The van der Waals surface area contributed by atoms with Gasteiger partial charge in [-0.3, -0.25) is 9.69 Å². The molecule has 0 spiro atoms. The predicted octanol–water partition coefficient (Wildman–Crippen LogP) is 4.82. The largest absolute Gasteiger partial charge is 0.481 e. The summed E-state index contributed by atoms with van der Waals surface area (Å²) < 4.78 is 10.5. The summed E-state index contributed by atoms with van der Waals surface area (Å²) in [6.45, 7) is 19.9. The number of fused-ring (bicyclic) bond motifs is 1. The number of hydrogen-bond acceptors (Lipinski definition) is 5. The van der Waals surface area contributed by atoms with Gasteiger partial charge in [-0.25, -0.2) is 19.3 Å². The monoisotopic (exact) mass is 529 g/mol. The highest BCUT2D eigenvalue weighted by Crippen LogP contribution is 2.27. The zero-order valence-electron chi connectivity index (χ0n) is 22.5. The summed E-state index contributed by atoms with van der Waals surface area (Å²) in [5.74, 6) is 0.566. The Labute approximate surface area is 228 Å². The molecule has 1 saturated heterocycles. The molecular weight excluding hydrogens is 493 g/mol. The van der Waals surface area contributed by atoms with Crippen LogP contribution in [0.5, 0.6) is 0 Å². The van der Waals surface area contributed by atoms with Crippen molar-refractivity contribution in [2.24, 2.45) is 0 Å². The highest BCUT2D eigenvalue weighted by molar-refractivity contribution is 5.80. The normalized spacial score (nSPS) is 14.2. The maximum absolute atomic E-state index is 10.8. The average molecular weight is 530 g/mol. The van der Waals surface area contributed by atoms with Gasteiger partial charge in [0.15, 0.2) is 0 Å². The van der Waals surface area contributed by atoms with Crippen molar-refractivity contribution in [1.82, 2.24) is 24.8 Å². The number of benzene rings is 1. The van der Waals surface area contributed by atoms with Crippen LogP contribution in [0.15, 0.2) is 62.5 Å². The number of allylic oxidation sites excluding steroid dienone is 4. The van der Waals surface area contributed by atoms with Crippen LogP contribution in [-0.4, -0.2) is 49.0 Å². The van der Waals surface area contributed by atoms with E-state index in [1.807, 2.05) is 12.1 Å². The van der Waals surface area contributed by atoms with Crippen LogP contribution in [-0.2, 0) is 17.8 Å². The van der Waals surface area contributed by atoms with Crippen molar-refractivity contribution < 1.29 is 14.3 Å². The second-order valence-electron chi connectivity index (χ2n) is 9.41. The van der Waals surface area contributed by atoms with Gasteiger partial charge in [0.2, 0.25) is 0 Å². The Morgan fingerprint density at radius 3 is 2.59 bits per heavy atom. The Morgan fingerprint density at radius 2 is 1.95 bits per heavy atom. The van der Waals surface area contributed by atoms with E-state index in [-0.39, 0.29) is 6.42 Å². The number of aryl methyl sites for hydroxylation is 1. The summed E-state index contributed by atoms with van der Waals surface area (Å²) in [7, 11) is 0. The van der Waals surface area contributed by atoms with Gasteiger partial charge in [0, 0.05) is 32.0 Å². The Kier molecular flexibility index (Phi) is 10.6. The van der Waals surface area contributed by atoms with Crippen molar-refractivity contribution in [2.75, 3.05) is 13.1 Å². The van der Waals surface area contributed by atoms with Crippen molar-refractivity contribution >= 4 is 35.2 Å². The highest BCUT2D eigenvalue weighted by Gasteiger charge is 2.30. The summed E-state index contributed by atoms with van der Waals surface area (Å²) in [5, 5.41) is 10.6. The van der Waals surface area contributed by atoms with E-state index in [2.05, 4.69) is 53.3 Å². The van der Waals surface area contributed by atoms with Crippen LogP contribution in [0.4, 0.5) is 4.39 Å². The number of likely N-dealkylation sites (tertiary alicyclic amines) is 1. The van der Waals surface area contributed by atoms with E-state index in [0.717, 1.165) is 70.6 Å². The zero-order chi connectivity index (χ0) is 28.4. The number of imidazole rings is 1. The molecule has 39 heavy (non-hydrogen) atoms. The number of H-pyrrole nitrogens is 1. The van der Waals surface area contributed by atoms with Crippen LogP contribution in [0.1, 0.15) is 54.9 Å². The van der Waals surface area contributed by atoms with E-state index in [4.69, 9.17) is 15.1 Å². The Balaban J connectivity index is 0.000000983. The lowest BCUT2D eigenvalue weighted by molar-refractivity contribution is -0.137. The van der Waals surface area contributed by atoms with Gasteiger partial charge in [-0.15, -0.1) is 0 Å². The van der Waals surface area contributed by atoms with E-state index < -0.39 is 5.97 Å². The third kappa shape index (κ3) is 7.91. The van der Waals surface area contributed by atoms with Crippen LogP contribution in [0.2, 0.25) is 0 Å². The van der Waals surface area contributed by atoms with Gasteiger partial charge >= 0.3 is 5.97 Å². The summed E-state index contributed by atoms with van der Waals surface area (Å²) in [4.78, 5) is 30.9. The fourth-order valence-electron chi connectivity index (χ4n) is 4.35. The molecule has 0 saturated carbocycles. The summed E-state index contributed by atoms with van der Waals surface area (Å²) >= 11 is 0. The second-order valence-corrected chi connectivity index (χ2v) is 9.41. The molecule has 1 aromatic carbocycles. The first kappa shape index (κ1) is 29.4. The summed E-state index contributed by atoms with van der Waals surface area (Å²) in [6.07, 6.45) is 9.24. The molecule has 2 aromatic heterocycles. The minimum absolute atomic E-state index is 0.154. The van der Waals surface area contributed by atoms with Crippen LogP contribution in [0.3, 0.4) is 0 Å². The molecule has 3 aromatic rings. The Bertz CT molecular complexity index is 1480. The lowest BCUT2D eigenvalue weighted by Gasteiger charge is -2.38. The second kappa shape index (κ2) is 14.1. The van der Waals surface area contributed by atoms with E-state index in [1.165, 1.54) is 11.6 Å². The number of carboxylic acid groups (broad SMARTS) is 1. The average Bonchev–Trinajstić information content (AvgIpc) is 3.26. The molecule has 1 aliphatic rings. The van der Waals surface area contributed by atoms with Crippen molar-refractivity contribution in [3.8, 4) is 0 Å². The van der Waals surface area contributed by atoms with Crippen LogP contribution < -0.4 is 10.7 Å². The highest BCUT2D eigenvalue weighted by atomic mass is 19.1. The molecule has 1 fully saturated rings. The van der Waals surface area contributed by atoms with Gasteiger partial charge in [-0.05, 0) is 55.5 Å². The quantitative estimate of drug-likeness (QED) is 0.273. The van der Waals surface area contributed by atoms with Gasteiger partial charge in [0.25, 0.3) is 0 Å². The van der Waals surface area contributed by atoms with E-state index in [0.29, 0.717) is 25.1 Å². The number of unbranched alkanes of at least 4 members (excludes halogenated alkanes) is 1.